The maximum absolute atomic E-state index is 13.6. The van der Waals surface area contributed by atoms with Gasteiger partial charge >= 0.3 is 11.9 Å². The minimum Gasteiger partial charge on any atom is -0.459 e. The third-order valence-corrected chi connectivity index (χ3v) is 13.6. The second-order valence-corrected chi connectivity index (χ2v) is 20.3. The van der Waals surface area contributed by atoms with Gasteiger partial charge in [-0.3, -0.25) is 0 Å². The van der Waals surface area contributed by atoms with E-state index in [-0.39, 0.29) is 48.2 Å². The van der Waals surface area contributed by atoms with E-state index in [9.17, 15) is 9.59 Å². The van der Waals surface area contributed by atoms with Crippen molar-refractivity contribution >= 4 is 28.7 Å². The number of carbonyl (C=O) groups is 2. The van der Waals surface area contributed by atoms with Crippen LogP contribution in [0.15, 0.2) is 91.0 Å². The van der Waals surface area contributed by atoms with Gasteiger partial charge in [0.1, 0.15) is 18.8 Å². The molecule has 17 atom stereocenters. The van der Waals surface area contributed by atoms with Crippen LogP contribution in [0.4, 0.5) is 0 Å². The Labute approximate surface area is 359 Å². The highest BCUT2D eigenvalue weighted by molar-refractivity contribution is 8.10. The van der Waals surface area contributed by atoms with Crippen molar-refractivity contribution in [2.45, 2.75) is 117 Å². The van der Waals surface area contributed by atoms with Gasteiger partial charge in [-0.25, -0.2) is 9.59 Å². The summed E-state index contributed by atoms with van der Waals surface area (Å²) in [7, 11) is 1.71. The number of hydrogen-bond donors (Lipinski definition) is 0. The summed E-state index contributed by atoms with van der Waals surface area (Å²) in [5, 5.41) is 0. The van der Waals surface area contributed by atoms with Crippen LogP contribution in [0.25, 0.3) is 0 Å². The number of ether oxygens (including phenoxy) is 8. The third kappa shape index (κ3) is 11.6. The molecule has 0 spiro atoms. The molecule has 0 aliphatic carbocycles. The first kappa shape index (κ1) is 46.7. The lowest BCUT2D eigenvalue weighted by Crippen LogP contribution is -2.58. The summed E-state index contributed by atoms with van der Waals surface area (Å²) in [4.78, 5) is 26.9. The normalized spacial score (nSPS) is 34.1. The van der Waals surface area contributed by atoms with Crippen LogP contribution in [0.3, 0.4) is 0 Å². The molecule has 7 unspecified atom stereocenters. The van der Waals surface area contributed by atoms with Crippen molar-refractivity contribution in [3.63, 3.8) is 0 Å². The predicted octanol–water partition coefficient (Wildman–Crippen LogP) is 9.29. The number of rotatable bonds is 17. The molecule has 3 aliphatic heterocycles. The first-order valence-corrected chi connectivity index (χ1v) is 24.7. The molecule has 3 aromatic rings. The Morgan fingerprint density at radius 3 is 1.80 bits per heavy atom. The maximum atomic E-state index is 13.6. The quantitative estimate of drug-likeness (QED) is 0.0955. The Hall–Kier alpha value is -2.82. The molecule has 0 bridgehead atoms. The minimum atomic E-state index is -0.966. The molecule has 0 aromatic heterocycles. The first-order chi connectivity index (χ1) is 28.9. The van der Waals surface area contributed by atoms with Crippen molar-refractivity contribution in [3.05, 3.63) is 108 Å². The number of hydrogen-bond acceptors (Lipinski definition) is 11. The summed E-state index contributed by atoms with van der Waals surface area (Å²) in [5.74, 6) is -0.752. The van der Waals surface area contributed by atoms with Gasteiger partial charge in [-0.2, -0.15) is 0 Å². The monoisotopic (exact) mass is 866 g/mol. The van der Waals surface area contributed by atoms with Crippen LogP contribution < -0.4 is 0 Å². The molecule has 3 saturated heterocycles. The van der Waals surface area contributed by atoms with Crippen molar-refractivity contribution < 1.29 is 52.0 Å². The molecule has 11 nitrogen and oxygen atoms in total. The summed E-state index contributed by atoms with van der Waals surface area (Å²) in [5.41, 5.74) is 1.95. The lowest BCUT2D eigenvalue weighted by atomic mass is 9.78. The Morgan fingerprint density at radius 1 is 0.650 bits per heavy atom. The van der Waals surface area contributed by atoms with E-state index in [1.807, 2.05) is 37.0 Å². The van der Waals surface area contributed by atoms with Gasteiger partial charge in [0.25, 0.3) is 0 Å². The van der Waals surface area contributed by atoms with Crippen LogP contribution in [0.5, 0.6) is 0 Å². The van der Waals surface area contributed by atoms with E-state index in [2.05, 4.69) is 69.5 Å². The molecule has 3 aromatic carbocycles. The smallest absolute Gasteiger partial charge is 0.338 e. The van der Waals surface area contributed by atoms with Crippen LogP contribution >= 0.6 is 16.8 Å². The van der Waals surface area contributed by atoms with Gasteiger partial charge in [0.2, 0.25) is 6.29 Å². The fraction of sp³-hybridized carbons (Fsp3) is 0.574. The highest BCUT2D eigenvalue weighted by Crippen LogP contribution is 2.48. The van der Waals surface area contributed by atoms with Gasteiger partial charge in [-0.1, -0.05) is 131 Å². The highest BCUT2D eigenvalue weighted by atomic mass is 32.0. The van der Waals surface area contributed by atoms with Crippen LogP contribution in [0.1, 0.15) is 81.2 Å². The molecule has 13 heteroatoms. The second kappa shape index (κ2) is 22.0. The fourth-order valence-electron chi connectivity index (χ4n) is 8.22. The van der Waals surface area contributed by atoms with Crippen LogP contribution in [-0.2, 0) is 49.0 Å². The van der Waals surface area contributed by atoms with Crippen LogP contribution in [0, 0.1) is 35.5 Å². The van der Waals surface area contributed by atoms with E-state index < -0.39 is 69.2 Å². The van der Waals surface area contributed by atoms with E-state index in [0.717, 1.165) is 12.0 Å². The SMILES string of the molecule is CC[C@@H](C)[C@@H]1O[C@@H](OP(C)P)[C@@H](OC(=O)c2ccccc2)C1O[C@H]1OC(COC(=O)c2ccccc2)[C@H](O[C@H]2OC(COCc3ccccc3)[C@H](C)[C@H](C)C2C)[C@H](C)C1C. The molecule has 328 valence electrons. The average Bonchev–Trinajstić information content (AvgIpc) is 3.58. The van der Waals surface area contributed by atoms with Crippen LogP contribution in [-0.4, -0.2) is 87.3 Å². The summed E-state index contributed by atoms with van der Waals surface area (Å²) < 4.78 is 58.8. The van der Waals surface area contributed by atoms with Crippen molar-refractivity contribution in [1.29, 1.82) is 0 Å². The van der Waals surface area contributed by atoms with Crippen LogP contribution in [0.2, 0.25) is 0 Å². The Bertz CT molecular complexity index is 1770. The Morgan fingerprint density at radius 2 is 1.20 bits per heavy atom. The van der Waals surface area contributed by atoms with Gasteiger partial charge in [0, 0.05) is 19.7 Å². The van der Waals surface area contributed by atoms with E-state index in [4.69, 9.17) is 42.4 Å². The lowest BCUT2D eigenvalue weighted by molar-refractivity contribution is -0.336. The zero-order chi connectivity index (χ0) is 42.9. The van der Waals surface area contributed by atoms with Crippen molar-refractivity contribution in [2.75, 3.05) is 19.9 Å². The number of carbonyl (C=O) groups excluding carboxylic acids is 2. The zero-order valence-electron chi connectivity index (χ0n) is 36.2. The van der Waals surface area contributed by atoms with Crippen molar-refractivity contribution in [1.82, 2.24) is 0 Å². The summed E-state index contributed by atoms with van der Waals surface area (Å²) >= 11 is 0. The summed E-state index contributed by atoms with van der Waals surface area (Å²) in [6.45, 7) is 17.7. The maximum Gasteiger partial charge on any atom is 0.338 e. The van der Waals surface area contributed by atoms with Gasteiger partial charge in [0.15, 0.2) is 18.7 Å². The first-order valence-electron chi connectivity index (χ1n) is 21.4. The van der Waals surface area contributed by atoms with Crippen molar-refractivity contribution in [2.24, 2.45) is 35.5 Å². The third-order valence-electron chi connectivity index (χ3n) is 12.7. The Balaban J connectivity index is 1.24. The van der Waals surface area contributed by atoms with Gasteiger partial charge in [0.05, 0.1) is 42.7 Å². The Kier molecular flexibility index (Phi) is 17.1. The summed E-state index contributed by atoms with van der Waals surface area (Å²) in [6.07, 6.45) is -4.99. The zero-order valence-corrected chi connectivity index (χ0v) is 38.2. The molecule has 3 heterocycles. The molecule has 60 heavy (non-hydrogen) atoms. The molecular formula is C47H64O11P2. The molecule has 0 saturated carbocycles. The molecule has 6 rings (SSSR count). The molecule has 3 aliphatic rings. The highest BCUT2D eigenvalue weighted by Gasteiger charge is 2.54. The largest absolute Gasteiger partial charge is 0.459 e. The molecule has 0 radical (unpaired) electrons. The van der Waals surface area contributed by atoms with Gasteiger partial charge in [-0.05, 0) is 60.2 Å². The number of esters is 2. The second-order valence-electron chi connectivity index (χ2n) is 16.8. The molecule has 0 N–H and O–H groups in total. The topological polar surface area (TPSA) is 117 Å². The van der Waals surface area contributed by atoms with Gasteiger partial charge < -0.3 is 42.4 Å². The number of benzene rings is 3. The van der Waals surface area contributed by atoms with E-state index >= 15 is 0 Å². The molecule has 0 amide bonds. The predicted molar refractivity (Wildman–Crippen MR) is 233 cm³/mol. The summed E-state index contributed by atoms with van der Waals surface area (Å²) in [6, 6.07) is 27.9. The molecule has 3 fully saturated rings. The molecular weight excluding hydrogens is 802 g/mol. The van der Waals surface area contributed by atoms with E-state index in [0.29, 0.717) is 24.3 Å². The standard InChI is InChI=1S/C47H64O11P2/c1-9-28(2)39-41(42(47(55-39)58-60(8)59)54-44(49)36-23-17-12-18-24-36)57-46-33(7)31(5)40(38(53-46)27-51-43(48)35-21-15-11-16-22-35)56-45-32(6)29(3)30(4)37(52-45)26-50-25-34-19-13-10-14-20-34/h10-24,28-33,37-42,45-47H,9,25-27,59H2,1-8H3/t28-,29+,30-,31-,32?,33?,37?,38?,39+,40-,41?,42+,45-,46-,47+,60?/m1/s1. The van der Waals surface area contributed by atoms with E-state index in [1.165, 1.54) is 0 Å². The fourth-order valence-corrected chi connectivity index (χ4v) is 9.08. The van der Waals surface area contributed by atoms with Gasteiger partial charge in [-0.15, -0.1) is 0 Å². The van der Waals surface area contributed by atoms with Crippen molar-refractivity contribution in [3.8, 4) is 0 Å². The average molecular weight is 867 g/mol. The lowest BCUT2D eigenvalue weighted by Gasteiger charge is -2.49. The van der Waals surface area contributed by atoms with E-state index in [1.54, 1.807) is 48.5 Å². The minimum absolute atomic E-state index is 0.0306.